The summed E-state index contributed by atoms with van der Waals surface area (Å²) in [5.74, 6) is -0.229. The second-order valence-corrected chi connectivity index (χ2v) is 7.11. The van der Waals surface area contributed by atoms with Gasteiger partial charge in [0.1, 0.15) is 4.70 Å². The first-order valence-corrected chi connectivity index (χ1v) is 8.89. The largest absolute Gasteiger partial charge is 0.369 e. The molecule has 1 saturated heterocycles. The van der Waals surface area contributed by atoms with Crippen molar-refractivity contribution in [1.82, 2.24) is 14.5 Å². The van der Waals surface area contributed by atoms with Crippen molar-refractivity contribution in [1.29, 1.82) is 0 Å². The van der Waals surface area contributed by atoms with Crippen LogP contribution in [0.2, 0.25) is 0 Å². The molecule has 0 radical (unpaired) electrons. The van der Waals surface area contributed by atoms with Crippen LogP contribution in [0.15, 0.2) is 16.5 Å². The molecule has 3 heterocycles. The Balaban J connectivity index is 1.60. The van der Waals surface area contributed by atoms with Crippen LogP contribution in [0.5, 0.6) is 0 Å². The lowest BCUT2D eigenvalue weighted by Gasteiger charge is -2.31. The van der Waals surface area contributed by atoms with Gasteiger partial charge in [-0.15, -0.1) is 11.3 Å². The van der Waals surface area contributed by atoms with Crippen molar-refractivity contribution in [2.24, 2.45) is 11.7 Å². The summed E-state index contributed by atoms with van der Waals surface area (Å²) >= 11 is 1.46. The highest BCUT2D eigenvalue weighted by molar-refractivity contribution is 7.17. The molecule has 0 spiro atoms. The highest BCUT2D eigenvalue weighted by Gasteiger charge is 2.23. The third-order valence-corrected chi connectivity index (χ3v) is 5.58. The molecule has 3 rings (SSSR count). The van der Waals surface area contributed by atoms with Gasteiger partial charge in [0.15, 0.2) is 0 Å². The zero-order valence-electron chi connectivity index (χ0n) is 13.3. The quantitative estimate of drug-likeness (QED) is 0.895. The Morgan fingerprint density at radius 2 is 2.30 bits per heavy atom. The van der Waals surface area contributed by atoms with E-state index < -0.39 is 0 Å². The summed E-state index contributed by atoms with van der Waals surface area (Å²) in [6.45, 7) is 5.24. The molecule has 1 aliphatic rings. The maximum Gasteiger partial charge on any atom is 0.271 e. The summed E-state index contributed by atoms with van der Waals surface area (Å²) in [5, 5.41) is 1.97. The number of likely N-dealkylation sites (tertiary alicyclic amines) is 1. The van der Waals surface area contributed by atoms with E-state index in [0.717, 1.165) is 54.7 Å². The van der Waals surface area contributed by atoms with Crippen LogP contribution in [0.4, 0.5) is 0 Å². The van der Waals surface area contributed by atoms with Gasteiger partial charge in [0.05, 0.1) is 17.8 Å². The van der Waals surface area contributed by atoms with E-state index in [-0.39, 0.29) is 17.4 Å². The second-order valence-electron chi connectivity index (χ2n) is 6.24. The number of amides is 1. The molecule has 1 aliphatic heterocycles. The monoisotopic (exact) mass is 334 g/mol. The molecule has 1 fully saturated rings. The van der Waals surface area contributed by atoms with Gasteiger partial charge in [0, 0.05) is 13.1 Å². The fraction of sp³-hybridized carbons (Fsp3) is 0.562. The SMILES string of the molecule is Cc1csc2c(=O)n(CCCN3CCCC(C(N)=O)C3)cnc12. The fourth-order valence-electron chi connectivity index (χ4n) is 3.18. The van der Waals surface area contributed by atoms with Gasteiger partial charge in [-0.1, -0.05) is 0 Å². The molecule has 1 unspecified atom stereocenters. The number of carbonyl (C=O) groups is 1. The van der Waals surface area contributed by atoms with E-state index in [1.54, 1.807) is 10.9 Å². The van der Waals surface area contributed by atoms with Crippen LogP contribution >= 0.6 is 11.3 Å². The van der Waals surface area contributed by atoms with Gasteiger partial charge in [-0.25, -0.2) is 4.98 Å². The fourth-order valence-corrected chi connectivity index (χ4v) is 4.12. The third kappa shape index (κ3) is 3.45. The van der Waals surface area contributed by atoms with Gasteiger partial charge in [-0.05, 0) is 50.2 Å². The zero-order valence-corrected chi connectivity index (χ0v) is 14.1. The molecule has 1 amide bonds. The molecule has 124 valence electrons. The molecule has 2 N–H and O–H groups in total. The van der Waals surface area contributed by atoms with E-state index in [1.165, 1.54) is 11.3 Å². The van der Waals surface area contributed by atoms with Crippen LogP contribution in [0, 0.1) is 12.8 Å². The van der Waals surface area contributed by atoms with E-state index in [0.29, 0.717) is 6.54 Å². The van der Waals surface area contributed by atoms with Gasteiger partial charge in [-0.2, -0.15) is 0 Å². The summed E-state index contributed by atoms with van der Waals surface area (Å²) < 4.78 is 2.42. The molecule has 2 aromatic rings. The van der Waals surface area contributed by atoms with Crippen LogP contribution in [-0.2, 0) is 11.3 Å². The molecule has 2 aromatic heterocycles. The highest BCUT2D eigenvalue weighted by atomic mass is 32.1. The van der Waals surface area contributed by atoms with Crippen molar-refractivity contribution in [2.75, 3.05) is 19.6 Å². The number of piperidine rings is 1. The number of thiophene rings is 1. The van der Waals surface area contributed by atoms with Crippen LogP contribution in [0.25, 0.3) is 10.2 Å². The molecular weight excluding hydrogens is 312 g/mol. The number of hydrogen-bond acceptors (Lipinski definition) is 5. The molecule has 0 saturated carbocycles. The van der Waals surface area contributed by atoms with Crippen LogP contribution in [-0.4, -0.2) is 40.0 Å². The molecule has 0 bridgehead atoms. The second kappa shape index (κ2) is 6.80. The zero-order chi connectivity index (χ0) is 16.4. The Morgan fingerprint density at radius 1 is 1.48 bits per heavy atom. The maximum absolute atomic E-state index is 12.4. The van der Waals surface area contributed by atoms with E-state index >= 15 is 0 Å². The summed E-state index contributed by atoms with van der Waals surface area (Å²) in [5.41, 5.74) is 7.32. The first-order chi connectivity index (χ1) is 11.1. The standard InChI is InChI=1S/C16H22N4O2S/c1-11-9-23-14-13(11)18-10-20(16(14)22)7-3-6-19-5-2-4-12(8-19)15(17)21/h9-10,12H,2-8H2,1H3,(H2,17,21). The van der Waals surface area contributed by atoms with Crippen molar-refractivity contribution in [3.8, 4) is 0 Å². The molecule has 0 aromatic carbocycles. The van der Waals surface area contributed by atoms with Crippen LogP contribution in [0.1, 0.15) is 24.8 Å². The maximum atomic E-state index is 12.4. The van der Waals surface area contributed by atoms with Crippen molar-refractivity contribution < 1.29 is 4.79 Å². The Labute approximate surface area is 138 Å². The van der Waals surface area contributed by atoms with Crippen LogP contribution < -0.4 is 11.3 Å². The van der Waals surface area contributed by atoms with Gasteiger partial charge < -0.3 is 10.6 Å². The first kappa shape index (κ1) is 16.1. The molecule has 1 atom stereocenters. The van der Waals surface area contributed by atoms with E-state index in [1.807, 2.05) is 12.3 Å². The summed E-state index contributed by atoms with van der Waals surface area (Å²) in [7, 11) is 0. The van der Waals surface area contributed by atoms with Gasteiger partial charge in [0.2, 0.25) is 5.91 Å². The Kier molecular flexibility index (Phi) is 4.77. The lowest BCUT2D eigenvalue weighted by Crippen LogP contribution is -2.41. The van der Waals surface area contributed by atoms with Gasteiger partial charge in [0.25, 0.3) is 5.56 Å². The van der Waals surface area contributed by atoms with Crippen molar-refractivity contribution in [2.45, 2.75) is 32.7 Å². The smallest absolute Gasteiger partial charge is 0.271 e. The minimum Gasteiger partial charge on any atom is -0.369 e. The van der Waals surface area contributed by atoms with Crippen LogP contribution in [0.3, 0.4) is 0 Å². The molecule has 6 nitrogen and oxygen atoms in total. The number of fused-ring (bicyclic) bond motifs is 1. The molecule has 0 aliphatic carbocycles. The normalized spacial score (nSPS) is 19.3. The third-order valence-electron chi connectivity index (χ3n) is 4.50. The van der Waals surface area contributed by atoms with Crippen molar-refractivity contribution in [3.05, 3.63) is 27.6 Å². The minimum atomic E-state index is -0.200. The number of primary amides is 1. The lowest BCUT2D eigenvalue weighted by molar-refractivity contribution is -0.123. The Bertz CT molecular complexity index is 767. The number of nitrogens with zero attached hydrogens (tertiary/aromatic N) is 3. The topological polar surface area (TPSA) is 81.2 Å². The van der Waals surface area contributed by atoms with Crippen molar-refractivity contribution in [3.63, 3.8) is 0 Å². The minimum absolute atomic E-state index is 0.0291. The summed E-state index contributed by atoms with van der Waals surface area (Å²) in [6.07, 6.45) is 4.41. The van der Waals surface area contributed by atoms with Crippen molar-refractivity contribution >= 4 is 27.5 Å². The number of aryl methyl sites for hydroxylation is 2. The average molecular weight is 334 g/mol. The Hall–Kier alpha value is -1.73. The molecular formula is C16H22N4O2S. The lowest BCUT2D eigenvalue weighted by atomic mass is 9.97. The first-order valence-electron chi connectivity index (χ1n) is 8.01. The number of aromatic nitrogens is 2. The summed E-state index contributed by atoms with van der Waals surface area (Å²) in [4.78, 5) is 30.4. The molecule has 23 heavy (non-hydrogen) atoms. The predicted octanol–water partition coefficient (Wildman–Crippen LogP) is 1.35. The average Bonchev–Trinajstić information content (AvgIpc) is 2.92. The van der Waals surface area contributed by atoms with E-state index in [2.05, 4.69) is 9.88 Å². The van der Waals surface area contributed by atoms with Gasteiger partial charge >= 0.3 is 0 Å². The van der Waals surface area contributed by atoms with E-state index in [4.69, 9.17) is 5.73 Å². The predicted molar refractivity (Wildman–Crippen MR) is 91.6 cm³/mol. The summed E-state index contributed by atoms with van der Waals surface area (Å²) in [6, 6.07) is 0. The Morgan fingerprint density at radius 3 is 3.09 bits per heavy atom. The van der Waals surface area contributed by atoms with E-state index in [9.17, 15) is 9.59 Å². The molecule has 7 heteroatoms. The van der Waals surface area contributed by atoms with Gasteiger partial charge in [-0.3, -0.25) is 14.2 Å². The number of nitrogens with two attached hydrogens (primary N) is 1. The highest BCUT2D eigenvalue weighted by Crippen LogP contribution is 2.19. The number of carbonyl (C=O) groups excluding carboxylic acids is 1. The number of rotatable bonds is 5. The number of hydrogen-bond donors (Lipinski definition) is 1.